The quantitative estimate of drug-likeness (QED) is 0.581. The van der Waals surface area contributed by atoms with E-state index < -0.39 is 5.92 Å². The number of halogens is 1. The summed E-state index contributed by atoms with van der Waals surface area (Å²) in [4.78, 5) is 27.8. The molecule has 28 heavy (non-hydrogen) atoms. The highest BCUT2D eigenvalue weighted by atomic mass is 35.5. The fourth-order valence-corrected chi connectivity index (χ4v) is 3.60. The third-order valence-electron chi connectivity index (χ3n) is 4.68. The molecule has 0 radical (unpaired) electrons. The van der Waals surface area contributed by atoms with E-state index in [9.17, 15) is 9.59 Å². The first kappa shape index (κ1) is 20.2. The van der Waals surface area contributed by atoms with Gasteiger partial charge in [0, 0.05) is 35.7 Å². The van der Waals surface area contributed by atoms with E-state index in [2.05, 4.69) is 5.32 Å². The van der Waals surface area contributed by atoms with Gasteiger partial charge in [0.2, 0.25) is 18.6 Å². The van der Waals surface area contributed by atoms with Crippen LogP contribution in [0, 0.1) is 5.92 Å². The minimum atomic E-state index is -0.442. The van der Waals surface area contributed by atoms with Gasteiger partial charge in [0.15, 0.2) is 11.5 Å². The van der Waals surface area contributed by atoms with Gasteiger partial charge in [-0.3, -0.25) is 9.59 Å². The summed E-state index contributed by atoms with van der Waals surface area (Å²) in [5.74, 6) is 0.351. The Morgan fingerprint density at radius 1 is 1.21 bits per heavy atom. The summed E-state index contributed by atoms with van der Waals surface area (Å²) < 4.78 is 10.6. The van der Waals surface area contributed by atoms with Crippen LogP contribution in [0.15, 0.2) is 41.3 Å². The van der Waals surface area contributed by atoms with Crippen molar-refractivity contribution in [3.05, 3.63) is 36.4 Å². The second-order valence-electron chi connectivity index (χ2n) is 6.39. The molecule has 0 saturated carbocycles. The van der Waals surface area contributed by atoms with E-state index in [4.69, 9.17) is 15.2 Å². The predicted molar refractivity (Wildman–Crippen MR) is 112 cm³/mol. The first-order chi connectivity index (χ1) is 13.0. The maximum Gasteiger partial charge on any atom is 0.231 e. The molecule has 0 aliphatic carbocycles. The number of rotatable bonds is 4. The monoisotopic (exact) mass is 421 g/mol. The summed E-state index contributed by atoms with van der Waals surface area (Å²) in [6, 6.07) is 11.0. The normalized spacial score (nSPS) is 17.4. The van der Waals surface area contributed by atoms with Crippen LogP contribution in [-0.4, -0.2) is 31.4 Å². The first-order valence-electron chi connectivity index (χ1n) is 8.49. The molecule has 2 heterocycles. The smallest absolute Gasteiger partial charge is 0.231 e. The molecular formula is C19H20ClN3O4S. The maximum absolute atomic E-state index is 12.7. The summed E-state index contributed by atoms with van der Waals surface area (Å²) in [6.07, 6.45) is 2.17. The van der Waals surface area contributed by atoms with E-state index in [1.807, 2.05) is 30.5 Å². The van der Waals surface area contributed by atoms with Gasteiger partial charge in [-0.2, -0.15) is 0 Å². The van der Waals surface area contributed by atoms with E-state index >= 15 is 0 Å². The van der Waals surface area contributed by atoms with Crippen molar-refractivity contribution in [2.75, 3.05) is 35.5 Å². The Kier molecular flexibility index (Phi) is 5.90. The second kappa shape index (κ2) is 8.20. The molecule has 2 aromatic carbocycles. The van der Waals surface area contributed by atoms with Crippen molar-refractivity contribution in [1.29, 1.82) is 0 Å². The molecule has 2 aliphatic rings. The van der Waals surface area contributed by atoms with Crippen molar-refractivity contribution in [2.45, 2.75) is 11.3 Å². The first-order valence-corrected chi connectivity index (χ1v) is 9.72. The van der Waals surface area contributed by atoms with Gasteiger partial charge in [-0.15, -0.1) is 24.2 Å². The number of nitrogens with one attached hydrogen (secondary N) is 1. The van der Waals surface area contributed by atoms with Gasteiger partial charge in [-0.1, -0.05) is 0 Å². The Hall–Kier alpha value is -2.58. The van der Waals surface area contributed by atoms with Crippen LogP contribution in [0.1, 0.15) is 6.42 Å². The maximum atomic E-state index is 12.7. The number of benzene rings is 2. The van der Waals surface area contributed by atoms with Crippen molar-refractivity contribution in [3.8, 4) is 11.5 Å². The summed E-state index contributed by atoms with van der Waals surface area (Å²) in [7, 11) is 0. The molecule has 0 bridgehead atoms. The Morgan fingerprint density at radius 3 is 2.57 bits per heavy atom. The largest absolute Gasteiger partial charge is 0.454 e. The molecule has 148 valence electrons. The Bertz CT molecular complexity index is 907. The fraction of sp³-hybridized carbons (Fsp3) is 0.263. The van der Waals surface area contributed by atoms with Crippen LogP contribution in [0.5, 0.6) is 11.5 Å². The van der Waals surface area contributed by atoms with E-state index in [1.165, 1.54) is 0 Å². The molecule has 9 heteroatoms. The number of carbonyl (C=O) groups excluding carboxylic acids is 2. The average molecular weight is 422 g/mol. The number of fused-ring (bicyclic) bond motifs is 1. The van der Waals surface area contributed by atoms with Crippen molar-refractivity contribution >= 4 is 53.0 Å². The van der Waals surface area contributed by atoms with E-state index in [1.54, 1.807) is 28.8 Å². The molecule has 2 amide bonds. The van der Waals surface area contributed by atoms with Crippen molar-refractivity contribution in [3.63, 3.8) is 0 Å². The summed E-state index contributed by atoms with van der Waals surface area (Å²) in [6.45, 7) is 0.474. The van der Waals surface area contributed by atoms with Gasteiger partial charge in [0.25, 0.3) is 0 Å². The third kappa shape index (κ3) is 3.83. The average Bonchev–Trinajstić information content (AvgIpc) is 3.28. The molecule has 4 rings (SSSR count). The van der Waals surface area contributed by atoms with Crippen LogP contribution in [0.3, 0.4) is 0 Å². The molecule has 0 spiro atoms. The van der Waals surface area contributed by atoms with Gasteiger partial charge >= 0.3 is 0 Å². The van der Waals surface area contributed by atoms with Crippen LogP contribution in [0.2, 0.25) is 0 Å². The summed E-state index contributed by atoms with van der Waals surface area (Å²) >= 11 is 1.64. The molecule has 1 atom stereocenters. The van der Waals surface area contributed by atoms with E-state index in [0.29, 0.717) is 29.4 Å². The standard InChI is InChI=1S/C19H19N3O4S.ClH/c1-27-13-4-2-12(3-5-13)22-9-11(6-18(22)23)19(24)21-15-8-17-16(7-14(15)20)25-10-26-17;/h2-5,7-8,11H,6,9-10,20H2,1H3,(H,21,24);1H. The fourth-order valence-electron chi connectivity index (χ4n) is 3.20. The van der Waals surface area contributed by atoms with Crippen molar-refractivity contribution in [2.24, 2.45) is 5.92 Å². The molecule has 2 aliphatic heterocycles. The zero-order valence-corrected chi connectivity index (χ0v) is 16.8. The molecule has 3 N–H and O–H groups in total. The highest BCUT2D eigenvalue weighted by Crippen LogP contribution is 2.38. The van der Waals surface area contributed by atoms with Crippen molar-refractivity contribution in [1.82, 2.24) is 0 Å². The second-order valence-corrected chi connectivity index (χ2v) is 7.27. The Morgan fingerprint density at radius 2 is 1.89 bits per heavy atom. The number of amides is 2. The summed E-state index contributed by atoms with van der Waals surface area (Å²) in [5, 5.41) is 2.81. The SMILES string of the molecule is CSc1ccc(N2CC(C(=O)Nc3cc4c(cc3N)OCO4)CC2=O)cc1.Cl. The van der Waals surface area contributed by atoms with Gasteiger partial charge in [0.1, 0.15) is 0 Å². The third-order valence-corrected chi connectivity index (χ3v) is 5.43. The number of thioether (sulfide) groups is 1. The lowest BCUT2D eigenvalue weighted by atomic mass is 10.1. The highest BCUT2D eigenvalue weighted by Gasteiger charge is 2.35. The van der Waals surface area contributed by atoms with Gasteiger partial charge < -0.3 is 25.4 Å². The number of hydrogen-bond donors (Lipinski definition) is 2. The Balaban J connectivity index is 0.00000225. The van der Waals surface area contributed by atoms with Crippen LogP contribution >= 0.6 is 24.2 Å². The number of nitrogens with zero attached hydrogens (tertiary/aromatic N) is 1. The van der Waals surface area contributed by atoms with Gasteiger partial charge in [0.05, 0.1) is 17.3 Å². The number of anilines is 3. The minimum Gasteiger partial charge on any atom is -0.454 e. The number of ether oxygens (including phenoxy) is 2. The topological polar surface area (TPSA) is 93.9 Å². The van der Waals surface area contributed by atoms with Crippen LogP contribution in [0.4, 0.5) is 17.1 Å². The Labute approximate surface area is 173 Å². The molecule has 7 nitrogen and oxygen atoms in total. The minimum absolute atomic E-state index is 0. The van der Waals surface area contributed by atoms with Crippen LogP contribution < -0.4 is 25.4 Å². The lowest BCUT2D eigenvalue weighted by molar-refractivity contribution is -0.122. The number of nitrogen functional groups attached to an aromatic ring is 1. The zero-order chi connectivity index (χ0) is 19.0. The van der Waals surface area contributed by atoms with Crippen molar-refractivity contribution < 1.29 is 19.1 Å². The molecule has 1 saturated heterocycles. The molecule has 1 fully saturated rings. The number of nitrogens with two attached hydrogens (primary N) is 1. The van der Waals surface area contributed by atoms with Crippen LogP contribution in [0.25, 0.3) is 0 Å². The number of carbonyl (C=O) groups is 2. The lowest BCUT2D eigenvalue weighted by Gasteiger charge is -2.17. The van der Waals surface area contributed by atoms with E-state index in [0.717, 1.165) is 10.6 Å². The summed E-state index contributed by atoms with van der Waals surface area (Å²) in [5.41, 5.74) is 7.63. The van der Waals surface area contributed by atoms with E-state index in [-0.39, 0.29) is 37.4 Å². The van der Waals surface area contributed by atoms with Crippen LogP contribution in [-0.2, 0) is 9.59 Å². The molecule has 2 aromatic rings. The molecule has 0 aromatic heterocycles. The lowest BCUT2D eigenvalue weighted by Crippen LogP contribution is -2.28. The molecular weight excluding hydrogens is 402 g/mol. The zero-order valence-electron chi connectivity index (χ0n) is 15.1. The van der Waals surface area contributed by atoms with Gasteiger partial charge in [-0.25, -0.2) is 0 Å². The highest BCUT2D eigenvalue weighted by molar-refractivity contribution is 7.98. The molecule has 1 unspecified atom stereocenters. The number of hydrogen-bond acceptors (Lipinski definition) is 6. The van der Waals surface area contributed by atoms with Gasteiger partial charge in [-0.05, 0) is 30.5 Å². The predicted octanol–water partition coefficient (Wildman–Crippen LogP) is 3.13.